The lowest BCUT2D eigenvalue weighted by Gasteiger charge is -2.24. The minimum Gasteiger partial charge on any atom is -0.494 e. The van der Waals surface area contributed by atoms with Crippen molar-refractivity contribution in [1.29, 1.82) is 0 Å². The van der Waals surface area contributed by atoms with Crippen LogP contribution in [0.25, 0.3) is 0 Å². The SMILES string of the molecule is CC1=CC=C(OC2CC=C(S(=O)O)CC2)CC1. The molecular formula is C13H18O3S. The van der Waals surface area contributed by atoms with Crippen LogP contribution in [-0.2, 0) is 15.8 Å². The summed E-state index contributed by atoms with van der Waals surface area (Å²) >= 11 is -1.80. The zero-order valence-corrected chi connectivity index (χ0v) is 10.8. The van der Waals surface area contributed by atoms with E-state index in [9.17, 15) is 4.21 Å². The maximum atomic E-state index is 10.9. The Bertz CT molecular complexity index is 407. The van der Waals surface area contributed by atoms with Gasteiger partial charge in [0.25, 0.3) is 0 Å². The van der Waals surface area contributed by atoms with Crippen LogP contribution >= 0.6 is 0 Å². The van der Waals surface area contributed by atoms with Crippen molar-refractivity contribution in [2.75, 3.05) is 0 Å². The number of ether oxygens (including phenoxy) is 1. The summed E-state index contributed by atoms with van der Waals surface area (Å²) in [5.74, 6) is 1.04. The Morgan fingerprint density at radius 3 is 2.71 bits per heavy atom. The van der Waals surface area contributed by atoms with E-state index in [1.807, 2.05) is 12.2 Å². The van der Waals surface area contributed by atoms with E-state index >= 15 is 0 Å². The molecule has 0 aromatic heterocycles. The second-order valence-electron chi connectivity index (χ2n) is 4.58. The second kappa shape index (κ2) is 5.65. The molecule has 0 spiro atoms. The summed E-state index contributed by atoms with van der Waals surface area (Å²) in [7, 11) is 0. The van der Waals surface area contributed by atoms with Gasteiger partial charge in [-0.1, -0.05) is 17.7 Å². The van der Waals surface area contributed by atoms with Crippen molar-refractivity contribution in [2.45, 2.75) is 45.1 Å². The van der Waals surface area contributed by atoms with Crippen molar-refractivity contribution in [3.05, 3.63) is 34.5 Å². The topological polar surface area (TPSA) is 46.5 Å². The normalized spacial score (nSPS) is 26.7. The first kappa shape index (κ1) is 12.6. The first-order valence-corrected chi connectivity index (χ1v) is 7.08. The van der Waals surface area contributed by atoms with Gasteiger partial charge in [-0.3, -0.25) is 0 Å². The van der Waals surface area contributed by atoms with Crippen LogP contribution in [0.4, 0.5) is 0 Å². The van der Waals surface area contributed by atoms with Crippen molar-refractivity contribution in [3.8, 4) is 0 Å². The average molecular weight is 254 g/mol. The van der Waals surface area contributed by atoms with Gasteiger partial charge in [0.05, 0.1) is 5.76 Å². The summed E-state index contributed by atoms with van der Waals surface area (Å²) in [4.78, 5) is 0.637. The smallest absolute Gasteiger partial charge is 0.181 e. The van der Waals surface area contributed by atoms with Gasteiger partial charge in [0, 0.05) is 17.7 Å². The first-order chi connectivity index (χ1) is 8.15. The Morgan fingerprint density at radius 1 is 1.35 bits per heavy atom. The van der Waals surface area contributed by atoms with E-state index in [0.29, 0.717) is 11.3 Å². The highest BCUT2D eigenvalue weighted by Crippen LogP contribution is 2.27. The molecule has 0 bridgehead atoms. The Morgan fingerprint density at radius 2 is 2.18 bits per heavy atom. The first-order valence-electron chi connectivity index (χ1n) is 5.98. The van der Waals surface area contributed by atoms with Crippen LogP contribution < -0.4 is 0 Å². The van der Waals surface area contributed by atoms with Crippen LogP contribution in [0.1, 0.15) is 39.0 Å². The largest absolute Gasteiger partial charge is 0.494 e. The van der Waals surface area contributed by atoms with Crippen LogP contribution in [0.2, 0.25) is 0 Å². The summed E-state index contributed by atoms with van der Waals surface area (Å²) in [5, 5.41) is 0. The molecule has 3 nitrogen and oxygen atoms in total. The number of hydrogen-bond acceptors (Lipinski definition) is 2. The van der Waals surface area contributed by atoms with Crippen molar-refractivity contribution in [3.63, 3.8) is 0 Å². The predicted molar refractivity (Wildman–Crippen MR) is 68.7 cm³/mol. The average Bonchev–Trinajstić information content (AvgIpc) is 2.33. The molecule has 94 valence electrons. The molecule has 2 rings (SSSR count). The van der Waals surface area contributed by atoms with Gasteiger partial charge in [0.1, 0.15) is 6.10 Å². The summed E-state index contributed by atoms with van der Waals surface area (Å²) in [6.07, 6.45) is 10.4. The maximum absolute atomic E-state index is 10.9. The van der Waals surface area contributed by atoms with E-state index < -0.39 is 11.1 Å². The lowest BCUT2D eigenvalue weighted by Crippen LogP contribution is -2.17. The molecule has 1 N–H and O–H groups in total. The predicted octanol–water partition coefficient (Wildman–Crippen LogP) is 3.29. The molecule has 0 aliphatic heterocycles. The second-order valence-corrected chi connectivity index (χ2v) is 5.60. The fourth-order valence-corrected chi connectivity index (χ4v) is 2.62. The Labute approximate surface area is 105 Å². The van der Waals surface area contributed by atoms with Crippen LogP contribution in [0.15, 0.2) is 34.5 Å². The minimum absolute atomic E-state index is 0.167. The molecule has 2 aliphatic carbocycles. The van der Waals surface area contributed by atoms with Gasteiger partial charge in [-0.15, -0.1) is 0 Å². The molecule has 0 aromatic rings. The van der Waals surface area contributed by atoms with E-state index in [2.05, 4.69) is 13.0 Å². The van der Waals surface area contributed by atoms with Gasteiger partial charge in [-0.05, 0) is 32.3 Å². The molecule has 0 saturated carbocycles. The molecule has 2 unspecified atom stereocenters. The van der Waals surface area contributed by atoms with Gasteiger partial charge in [-0.2, -0.15) is 0 Å². The fraction of sp³-hybridized carbons (Fsp3) is 0.538. The van der Waals surface area contributed by atoms with Crippen molar-refractivity contribution in [1.82, 2.24) is 0 Å². The molecule has 2 atom stereocenters. The van der Waals surface area contributed by atoms with E-state index in [0.717, 1.165) is 31.4 Å². The van der Waals surface area contributed by atoms with Crippen LogP contribution in [0, 0.1) is 0 Å². The molecule has 2 aliphatic rings. The summed E-state index contributed by atoms with van der Waals surface area (Å²) in [6.45, 7) is 2.12. The Balaban J connectivity index is 1.88. The third-order valence-electron chi connectivity index (χ3n) is 3.18. The van der Waals surface area contributed by atoms with Gasteiger partial charge >= 0.3 is 0 Å². The number of allylic oxidation sites excluding steroid dienone is 5. The standard InChI is InChI=1S/C13H18O3S/c1-10-2-4-11(5-3-10)16-12-6-8-13(9-7-12)17(14)15/h2,4,8,12H,3,5-7,9H2,1H3,(H,14,15). The van der Waals surface area contributed by atoms with Gasteiger partial charge in [0.2, 0.25) is 0 Å². The quantitative estimate of drug-likeness (QED) is 0.786. The van der Waals surface area contributed by atoms with Gasteiger partial charge in [0.15, 0.2) is 11.1 Å². The van der Waals surface area contributed by atoms with Crippen molar-refractivity contribution in [2.24, 2.45) is 0 Å². The molecule has 0 radical (unpaired) electrons. The molecular weight excluding hydrogens is 236 g/mol. The maximum Gasteiger partial charge on any atom is 0.181 e. The number of hydrogen-bond donors (Lipinski definition) is 1. The Kier molecular flexibility index (Phi) is 4.18. The zero-order valence-electron chi connectivity index (χ0n) is 10.0. The third-order valence-corrected chi connectivity index (χ3v) is 4.00. The van der Waals surface area contributed by atoms with E-state index in [4.69, 9.17) is 9.29 Å². The number of rotatable bonds is 3. The van der Waals surface area contributed by atoms with Gasteiger partial charge < -0.3 is 9.29 Å². The minimum atomic E-state index is -1.80. The molecule has 0 fully saturated rings. The van der Waals surface area contributed by atoms with Crippen LogP contribution in [-0.4, -0.2) is 14.9 Å². The highest BCUT2D eigenvalue weighted by atomic mass is 32.2. The molecule has 0 aromatic carbocycles. The van der Waals surface area contributed by atoms with E-state index in [1.54, 1.807) is 0 Å². The van der Waals surface area contributed by atoms with Crippen LogP contribution in [0.3, 0.4) is 0 Å². The molecule has 4 heteroatoms. The third kappa shape index (κ3) is 3.54. The highest BCUT2D eigenvalue weighted by molar-refractivity contribution is 7.83. The summed E-state index contributed by atoms with van der Waals surface area (Å²) < 4.78 is 25.7. The monoisotopic (exact) mass is 254 g/mol. The van der Waals surface area contributed by atoms with Crippen molar-refractivity contribution < 1.29 is 13.5 Å². The molecule has 0 heterocycles. The lowest BCUT2D eigenvalue weighted by atomic mass is 10.0. The Hall–Kier alpha value is -0.870. The zero-order chi connectivity index (χ0) is 12.3. The van der Waals surface area contributed by atoms with E-state index in [1.165, 1.54) is 5.57 Å². The molecule has 0 saturated heterocycles. The fourth-order valence-electron chi connectivity index (χ4n) is 2.09. The van der Waals surface area contributed by atoms with Gasteiger partial charge in [-0.25, -0.2) is 4.21 Å². The van der Waals surface area contributed by atoms with Crippen molar-refractivity contribution >= 4 is 11.1 Å². The van der Waals surface area contributed by atoms with E-state index in [-0.39, 0.29) is 6.10 Å². The molecule has 0 amide bonds. The summed E-state index contributed by atoms with van der Waals surface area (Å²) in [6, 6.07) is 0. The molecule has 17 heavy (non-hydrogen) atoms. The van der Waals surface area contributed by atoms with Crippen LogP contribution in [0.5, 0.6) is 0 Å². The highest BCUT2D eigenvalue weighted by Gasteiger charge is 2.19. The lowest BCUT2D eigenvalue weighted by molar-refractivity contribution is 0.100. The summed E-state index contributed by atoms with van der Waals surface area (Å²) in [5.41, 5.74) is 1.39.